The third-order valence-electron chi connectivity index (χ3n) is 4.13. The summed E-state index contributed by atoms with van der Waals surface area (Å²) in [6, 6.07) is 4.96. The molecule has 0 unspecified atom stereocenters. The lowest BCUT2D eigenvalue weighted by Gasteiger charge is -2.23. The molecule has 2 aromatic rings. The van der Waals surface area contributed by atoms with E-state index in [0.717, 1.165) is 25.9 Å². The van der Waals surface area contributed by atoms with Gasteiger partial charge in [0.05, 0.1) is 0 Å². The average molecular weight is 362 g/mol. The summed E-state index contributed by atoms with van der Waals surface area (Å²) in [6.45, 7) is 1.80. The topological polar surface area (TPSA) is 106 Å². The second-order valence-corrected chi connectivity index (χ2v) is 6.52. The molecule has 0 radical (unpaired) electrons. The van der Waals surface area contributed by atoms with Crippen LogP contribution in [0.1, 0.15) is 34.8 Å². The molecule has 0 atom stereocenters. The Morgan fingerprint density at radius 3 is 2.76 bits per heavy atom. The predicted octanol–water partition coefficient (Wildman–Crippen LogP) is 2.04. The summed E-state index contributed by atoms with van der Waals surface area (Å²) in [5.41, 5.74) is 6.41. The number of hydrogen-bond donors (Lipinski definition) is 3. The Labute approximate surface area is 149 Å². The number of primary amides is 1. The highest BCUT2D eigenvalue weighted by molar-refractivity contribution is 7.98. The standard InChI is InChI=1S/C16H19FN6OS/c1-25-16-21-15(13(14(18)24)22-23-16)20-10-2-3-11(12(17)8-10)9-4-6-19-7-5-9/h2-3,8-9,19H,4-7H2,1H3,(H2,18,24)(H,20,21,23). The maximum absolute atomic E-state index is 14.5. The van der Waals surface area contributed by atoms with Crippen molar-refractivity contribution in [2.75, 3.05) is 24.7 Å². The summed E-state index contributed by atoms with van der Waals surface area (Å²) >= 11 is 1.28. The summed E-state index contributed by atoms with van der Waals surface area (Å²) in [5.74, 6) is -0.632. The van der Waals surface area contributed by atoms with Crippen LogP contribution >= 0.6 is 11.8 Å². The van der Waals surface area contributed by atoms with Crippen molar-refractivity contribution in [1.29, 1.82) is 0 Å². The Kier molecular flexibility index (Phi) is 5.44. The molecule has 1 saturated heterocycles. The monoisotopic (exact) mass is 362 g/mol. The van der Waals surface area contributed by atoms with Crippen LogP contribution in [0.5, 0.6) is 0 Å². The first-order valence-electron chi connectivity index (χ1n) is 7.94. The van der Waals surface area contributed by atoms with E-state index in [1.807, 2.05) is 0 Å². The number of benzene rings is 1. The summed E-state index contributed by atoms with van der Waals surface area (Å²) < 4.78 is 14.5. The molecule has 9 heteroatoms. The fourth-order valence-corrected chi connectivity index (χ4v) is 3.16. The van der Waals surface area contributed by atoms with E-state index in [4.69, 9.17) is 5.73 Å². The minimum absolute atomic E-state index is 0.0827. The lowest BCUT2D eigenvalue weighted by Crippen LogP contribution is -2.27. The first kappa shape index (κ1) is 17.6. The minimum Gasteiger partial charge on any atom is -0.364 e. The lowest BCUT2D eigenvalue weighted by molar-refractivity contribution is 0.0994. The molecule has 7 nitrogen and oxygen atoms in total. The van der Waals surface area contributed by atoms with Crippen LogP contribution in [-0.2, 0) is 0 Å². The molecule has 132 valence electrons. The highest BCUT2D eigenvalue weighted by Crippen LogP contribution is 2.30. The van der Waals surface area contributed by atoms with Gasteiger partial charge in [0.25, 0.3) is 5.91 Å². The van der Waals surface area contributed by atoms with Gasteiger partial charge in [0.15, 0.2) is 11.5 Å². The molecule has 1 aliphatic rings. The van der Waals surface area contributed by atoms with E-state index >= 15 is 0 Å². The molecule has 1 amide bonds. The Morgan fingerprint density at radius 1 is 1.36 bits per heavy atom. The smallest absolute Gasteiger partial charge is 0.273 e. The van der Waals surface area contributed by atoms with E-state index < -0.39 is 5.91 Å². The average Bonchev–Trinajstić information content (AvgIpc) is 2.62. The van der Waals surface area contributed by atoms with Crippen LogP contribution in [0.4, 0.5) is 15.9 Å². The Morgan fingerprint density at radius 2 is 2.12 bits per heavy atom. The number of aromatic nitrogens is 3. The van der Waals surface area contributed by atoms with Gasteiger partial charge >= 0.3 is 0 Å². The summed E-state index contributed by atoms with van der Waals surface area (Å²) in [6.07, 6.45) is 3.63. The van der Waals surface area contributed by atoms with E-state index in [0.29, 0.717) is 16.4 Å². The van der Waals surface area contributed by atoms with Crippen LogP contribution in [0.3, 0.4) is 0 Å². The molecule has 2 heterocycles. The van der Waals surface area contributed by atoms with Crippen molar-refractivity contribution in [3.8, 4) is 0 Å². The molecule has 1 fully saturated rings. The van der Waals surface area contributed by atoms with Crippen LogP contribution in [0.2, 0.25) is 0 Å². The normalized spacial score (nSPS) is 15.1. The molecule has 0 spiro atoms. The third kappa shape index (κ3) is 4.05. The molecule has 0 saturated carbocycles. The highest BCUT2D eigenvalue weighted by atomic mass is 32.2. The molecule has 3 rings (SSSR count). The number of nitrogens with one attached hydrogen (secondary N) is 2. The van der Waals surface area contributed by atoms with E-state index in [-0.39, 0.29) is 23.2 Å². The maximum Gasteiger partial charge on any atom is 0.273 e. The van der Waals surface area contributed by atoms with Gasteiger partial charge in [-0.05, 0) is 55.8 Å². The van der Waals surface area contributed by atoms with Crippen molar-refractivity contribution >= 4 is 29.2 Å². The fourth-order valence-electron chi connectivity index (χ4n) is 2.86. The van der Waals surface area contributed by atoms with Gasteiger partial charge in [-0.1, -0.05) is 17.8 Å². The number of halogens is 1. The zero-order valence-electron chi connectivity index (χ0n) is 13.8. The number of nitrogens with zero attached hydrogens (tertiary/aromatic N) is 3. The molecular weight excluding hydrogens is 343 g/mol. The lowest BCUT2D eigenvalue weighted by atomic mass is 9.90. The largest absolute Gasteiger partial charge is 0.364 e. The van der Waals surface area contributed by atoms with Crippen molar-refractivity contribution in [1.82, 2.24) is 20.5 Å². The first-order valence-corrected chi connectivity index (χ1v) is 9.16. The molecule has 0 aliphatic carbocycles. The number of thioether (sulfide) groups is 1. The summed E-state index contributed by atoms with van der Waals surface area (Å²) in [7, 11) is 0. The zero-order chi connectivity index (χ0) is 17.8. The SMILES string of the molecule is CSc1nnc(C(N)=O)c(Nc2ccc(C3CCNCC3)c(F)c2)n1. The van der Waals surface area contributed by atoms with Gasteiger partial charge in [-0.15, -0.1) is 10.2 Å². The minimum atomic E-state index is -0.748. The number of piperidine rings is 1. The van der Waals surface area contributed by atoms with Gasteiger partial charge in [-0.2, -0.15) is 0 Å². The van der Waals surface area contributed by atoms with Crippen LogP contribution in [0, 0.1) is 5.82 Å². The first-order chi connectivity index (χ1) is 12.1. The quantitative estimate of drug-likeness (QED) is 0.699. The van der Waals surface area contributed by atoms with Crippen LogP contribution in [0.25, 0.3) is 0 Å². The van der Waals surface area contributed by atoms with Gasteiger partial charge in [0, 0.05) is 5.69 Å². The number of anilines is 2. The van der Waals surface area contributed by atoms with Crippen molar-refractivity contribution < 1.29 is 9.18 Å². The molecule has 1 aromatic carbocycles. The Bertz CT molecular complexity index is 781. The predicted molar refractivity (Wildman–Crippen MR) is 94.7 cm³/mol. The fraction of sp³-hybridized carbons (Fsp3) is 0.375. The van der Waals surface area contributed by atoms with Crippen molar-refractivity contribution in [2.24, 2.45) is 5.73 Å². The molecule has 0 bridgehead atoms. The van der Waals surface area contributed by atoms with Crippen LogP contribution < -0.4 is 16.4 Å². The molecule has 25 heavy (non-hydrogen) atoms. The number of nitrogens with two attached hydrogens (primary N) is 1. The van der Waals surface area contributed by atoms with Gasteiger partial charge in [-0.3, -0.25) is 4.79 Å². The zero-order valence-corrected chi connectivity index (χ0v) is 14.6. The summed E-state index contributed by atoms with van der Waals surface area (Å²) in [5, 5.41) is 14.2. The number of carbonyl (C=O) groups is 1. The van der Waals surface area contributed by atoms with E-state index in [2.05, 4.69) is 25.8 Å². The highest BCUT2D eigenvalue weighted by Gasteiger charge is 2.19. The van der Waals surface area contributed by atoms with Gasteiger partial charge in [-0.25, -0.2) is 9.37 Å². The van der Waals surface area contributed by atoms with E-state index in [9.17, 15) is 9.18 Å². The second-order valence-electron chi connectivity index (χ2n) is 5.75. The maximum atomic E-state index is 14.5. The second kappa shape index (κ2) is 7.75. The van der Waals surface area contributed by atoms with Gasteiger partial charge in [0.2, 0.25) is 5.16 Å². The van der Waals surface area contributed by atoms with Crippen molar-refractivity contribution in [3.05, 3.63) is 35.3 Å². The van der Waals surface area contributed by atoms with Gasteiger partial charge < -0.3 is 16.4 Å². The van der Waals surface area contributed by atoms with Crippen LogP contribution in [-0.4, -0.2) is 40.4 Å². The molecular formula is C16H19FN6OS. The van der Waals surface area contributed by atoms with E-state index in [1.165, 1.54) is 17.8 Å². The molecule has 4 N–H and O–H groups in total. The number of amides is 1. The number of hydrogen-bond acceptors (Lipinski definition) is 7. The van der Waals surface area contributed by atoms with Crippen LogP contribution in [0.15, 0.2) is 23.4 Å². The summed E-state index contributed by atoms with van der Waals surface area (Å²) in [4.78, 5) is 15.7. The van der Waals surface area contributed by atoms with E-state index in [1.54, 1.807) is 18.4 Å². The Balaban J connectivity index is 1.86. The number of rotatable bonds is 5. The van der Waals surface area contributed by atoms with Crippen molar-refractivity contribution in [3.63, 3.8) is 0 Å². The third-order valence-corrected chi connectivity index (χ3v) is 4.66. The van der Waals surface area contributed by atoms with Crippen molar-refractivity contribution in [2.45, 2.75) is 23.9 Å². The molecule has 1 aromatic heterocycles. The Hall–Kier alpha value is -2.26. The number of carbonyl (C=O) groups excluding carboxylic acids is 1. The van der Waals surface area contributed by atoms with Gasteiger partial charge in [0.1, 0.15) is 5.82 Å². The molecule has 1 aliphatic heterocycles.